The molecule has 2 nitrogen and oxygen atoms in total. The first-order chi connectivity index (χ1) is 13.4. The minimum atomic E-state index is -0.931. The number of carbonyl (C=O) groups excluding carboxylic acids is 1. The Kier molecular flexibility index (Phi) is 4.90. The van der Waals surface area contributed by atoms with Crippen molar-refractivity contribution in [2.75, 3.05) is 0 Å². The molecule has 0 aliphatic rings. The van der Waals surface area contributed by atoms with Crippen LogP contribution in [0.25, 0.3) is 25.1 Å². The second-order valence-electron chi connectivity index (χ2n) is 7.01. The van der Waals surface area contributed by atoms with E-state index in [9.17, 15) is 4.79 Å². The molecular formula is C24H18IO2S+. The van der Waals surface area contributed by atoms with Crippen molar-refractivity contribution in [1.82, 2.24) is 0 Å². The van der Waals surface area contributed by atoms with Crippen LogP contribution in [0.1, 0.15) is 24.2 Å². The minimum absolute atomic E-state index is 0.179. The fourth-order valence-corrected chi connectivity index (χ4v) is 5.89. The van der Waals surface area contributed by atoms with Crippen molar-refractivity contribution in [3.05, 3.63) is 75.9 Å². The molecule has 4 aromatic rings. The minimum Gasteiger partial charge on any atom is -0.443 e. The van der Waals surface area contributed by atoms with E-state index in [1.165, 1.54) is 23.3 Å². The normalized spacial score (nSPS) is 12.1. The second-order valence-corrected chi connectivity index (χ2v) is 10.2. The molecule has 0 radical (unpaired) electrons. The molecule has 0 saturated heterocycles. The summed E-state index contributed by atoms with van der Waals surface area (Å²) in [4.78, 5) is 13.9. The van der Waals surface area contributed by atoms with E-state index in [-0.39, 0.29) is 10.5 Å². The van der Waals surface area contributed by atoms with E-state index in [2.05, 4.69) is 77.0 Å². The Morgan fingerprint density at radius 1 is 1.00 bits per heavy atom. The van der Waals surface area contributed by atoms with Gasteiger partial charge in [0.15, 0.2) is 19.9 Å². The Morgan fingerprint density at radius 3 is 2.39 bits per heavy atom. The van der Waals surface area contributed by atoms with Crippen LogP contribution in [0.15, 0.2) is 66.7 Å². The molecule has 0 aliphatic heterocycles. The lowest BCUT2D eigenvalue weighted by Crippen LogP contribution is -2.25. The second kappa shape index (κ2) is 7.23. The number of halogens is 1. The Labute approximate surface area is 180 Å². The van der Waals surface area contributed by atoms with E-state index < -0.39 is 11.6 Å². The van der Waals surface area contributed by atoms with Gasteiger partial charge < -0.3 is 4.74 Å². The summed E-state index contributed by atoms with van der Waals surface area (Å²) in [5, 5.41) is 2.26. The van der Waals surface area contributed by atoms with Crippen molar-refractivity contribution in [2.24, 2.45) is 0 Å². The summed E-state index contributed by atoms with van der Waals surface area (Å²) in [5.74, 6) is 2.10. The lowest BCUT2D eigenvalue weighted by Gasteiger charge is -2.18. The van der Waals surface area contributed by atoms with Crippen LogP contribution in [0, 0.1) is 15.9 Å². The van der Waals surface area contributed by atoms with Crippen molar-refractivity contribution in [1.29, 1.82) is 0 Å². The molecule has 0 bridgehead atoms. The van der Waals surface area contributed by atoms with Gasteiger partial charge in [-0.25, -0.2) is 4.79 Å². The van der Waals surface area contributed by atoms with Gasteiger partial charge in [-0.1, -0.05) is 18.1 Å². The molecule has 1 heterocycles. The van der Waals surface area contributed by atoms with E-state index in [4.69, 9.17) is 11.2 Å². The summed E-state index contributed by atoms with van der Waals surface area (Å²) >= 11 is 2.32. The number of carbonyl (C=O) groups is 1. The van der Waals surface area contributed by atoms with Crippen LogP contribution in [-0.2, 0) is 4.74 Å². The first kappa shape index (κ1) is 19.0. The molecule has 3 aromatic carbocycles. The number of rotatable bonds is 3. The smallest absolute Gasteiger partial charge is 0.339 e. The number of hydrogen-bond acceptors (Lipinski definition) is 2. The number of ether oxygens (including phenoxy) is 1. The zero-order chi connectivity index (χ0) is 19.9. The third-order valence-corrected chi connectivity index (χ3v) is 7.63. The van der Waals surface area contributed by atoms with Gasteiger partial charge in [-0.05, 0) is 91.0 Å². The molecule has 1 atom stereocenters. The van der Waals surface area contributed by atoms with E-state index in [0.717, 1.165) is 5.39 Å². The molecule has 0 aliphatic carbocycles. The lowest BCUT2D eigenvalue weighted by molar-refractivity contribution is 0.0205. The van der Waals surface area contributed by atoms with Crippen molar-refractivity contribution in [2.45, 2.75) is 19.4 Å². The van der Waals surface area contributed by atoms with Gasteiger partial charge in [0.1, 0.15) is 0 Å². The average molecular weight is 497 g/mol. The summed E-state index contributed by atoms with van der Waals surface area (Å²) < 4.78 is 9.20. The van der Waals surface area contributed by atoms with Gasteiger partial charge in [0.25, 0.3) is 0 Å². The summed E-state index contributed by atoms with van der Waals surface area (Å²) in [6.45, 7) is 3.42. The topological polar surface area (TPSA) is 26.3 Å². The van der Waals surface area contributed by atoms with Crippen LogP contribution < -0.4 is 0 Å². The fourth-order valence-electron chi connectivity index (χ4n) is 3.18. The third-order valence-electron chi connectivity index (χ3n) is 4.58. The lowest BCUT2D eigenvalue weighted by atomic mass is 10.1. The zero-order valence-corrected chi connectivity index (χ0v) is 18.5. The van der Waals surface area contributed by atoms with Gasteiger partial charge in [-0.3, -0.25) is 0 Å². The Morgan fingerprint density at radius 2 is 1.68 bits per heavy atom. The van der Waals surface area contributed by atoms with Gasteiger partial charge in [0.05, 0.1) is 5.56 Å². The van der Waals surface area contributed by atoms with Gasteiger partial charge in [-0.15, -0.1) is 6.42 Å². The Bertz CT molecular complexity index is 1240. The van der Waals surface area contributed by atoms with E-state index in [1.807, 2.05) is 18.2 Å². The third kappa shape index (κ3) is 3.41. The number of esters is 1. The fraction of sp³-hybridized carbons (Fsp3) is 0.125. The standard InChI is InChI=1S/C24H18IO2S/c1-4-24(2,3)27-23(26)16-9-14-22-20(15-16)19-7-5-6-8-21(19)28(22)18-12-10-17(25)11-13-18/h1,5-15H,2-3H3/q+1. The SMILES string of the molecule is C#CC(C)(C)OC(=O)c1ccc2c(c1)c1ccccc1[s+]2-c1ccc(I)cc1. The summed E-state index contributed by atoms with van der Waals surface area (Å²) in [5.41, 5.74) is -0.413. The molecule has 0 saturated carbocycles. The molecule has 4 heteroatoms. The van der Waals surface area contributed by atoms with Crippen LogP contribution in [-0.4, -0.2) is 11.6 Å². The van der Waals surface area contributed by atoms with Crippen LogP contribution in [0.5, 0.6) is 0 Å². The highest BCUT2D eigenvalue weighted by atomic mass is 127. The average Bonchev–Trinajstić information content (AvgIpc) is 3.02. The van der Waals surface area contributed by atoms with Gasteiger partial charge in [-0.2, -0.15) is 0 Å². The number of terminal acetylenes is 1. The molecule has 138 valence electrons. The molecule has 0 spiro atoms. The van der Waals surface area contributed by atoms with Gasteiger partial charge in [0, 0.05) is 24.8 Å². The van der Waals surface area contributed by atoms with Gasteiger partial charge >= 0.3 is 5.97 Å². The van der Waals surface area contributed by atoms with E-state index >= 15 is 0 Å². The molecule has 0 amide bonds. The molecule has 0 N–H and O–H groups in total. The number of benzene rings is 3. The molecule has 1 unspecified atom stereocenters. The number of fused-ring (bicyclic) bond motifs is 3. The van der Waals surface area contributed by atoms with Crippen molar-refractivity contribution in [3.8, 4) is 17.2 Å². The molecule has 4 rings (SSSR count). The monoisotopic (exact) mass is 497 g/mol. The molecule has 28 heavy (non-hydrogen) atoms. The zero-order valence-electron chi connectivity index (χ0n) is 15.5. The molecule has 1 aromatic heterocycles. The van der Waals surface area contributed by atoms with E-state index in [1.54, 1.807) is 13.8 Å². The summed E-state index contributed by atoms with van der Waals surface area (Å²) in [7, 11) is -0.179. The van der Waals surface area contributed by atoms with Crippen LogP contribution in [0.3, 0.4) is 0 Å². The Balaban J connectivity index is 1.91. The van der Waals surface area contributed by atoms with Crippen LogP contribution >= 0.6 is 33.1 Å². The largest absolute Gasteiger partial charge is 0.443 e. The number of hydrogen-bond donors (Lipinski definition) is 0. The quantitative estimate of drug-likeness (QED) is 0.133. The maximum absolute atomic E-state index is 12.6. The van der Waals surface area contributed by atoms with Gasteiger partial charge in [0.2, 0.25) is 0 Å². The highest BCUT2D eigenvalue weighted by Gasteiger charge is 2.26. The van der Waals surface area contributed by atoms with Crippen LogP contribution in [0.4, 0.5) is 0 Å². The summed E-state index contributed by atoms with van der Waals surface area (Å²) in [6, 6.07) is 22.9. The molecular weight excluding hydrogens is 479 g/mol. The molecule has 0 fully saturated rings. The predicted molar refractivity (Wildman–Crippen MR) is 126 cm³/mol. The van der Waals surface area contributed by atoms with Crippen molar-refractivity contribution in [3.63, 3.8) is 0 Å². The predicted octanol–water partition coefficient (Wildman–Crippen LogP) is 6.90. The van der Waals surface area contributed by atoms with E-state index in [0.29, 0.717) is 5.56 Å². The highest BCUT2D eigenvalue weighted by Crippen LogP contribution is 2.48. The summed E-state index contributed by atoms with van der Waals surface area (Å²) in [6.07, 6.45) is 5.45. The first-order valence-electron chi connectivity index (χ1n) is 8.84. The highest BCUT2D eigenvalue weighted by molar-refractivity contribution is 14.1. The van der Waals surface area contributed by atoms with Crippen molar-refractivity contribution >= 4 is 59.2 Å². The number of thiophene rings is 1. The van der Waals surface area contributed by atoms with Crippen molar-refractivity contribution < 1.29 is 9.53 Å². The van der Waals surface area contributed by atoms with Crippen LogP contribution in [0.2, 0.25) is 0 Å². The maximum atomic E-state index is 12.6. The Hall–Kier alpha value is -2.36. The maximum Gasteiger partial charge on any atom is 0.339 e. The first-order valence-corrected chi connectivity index (χ1v) is 11.1.